The van der Waals surface area contributed by atoms with Crippen LogP contribution in [-0.2, 0) is 11.0 Å². The lowest BCUT2D eigenvalue weighted by Gasteiger charge is -2.12. The van der Waals surface area contributed by atoms with Crippen LogP contribution in [0.4, 0.5) is 24.5 Å². The largest absolute Gasteiger partial charge is 0.417 e. The number of alkyl halides is 3. The molecule has 2 aromatic carbocycles. The van der Waals surface area contributed by atoms with Crippen LogP contribution in [0.1, 0.15) is 15.9 Å². The number of benzene rings is 2. The fourth-order valence-electron chi connectivity index (χ4n) is 1.96. The first-order valence-electron chi connectivity index (χ1n) is 6.97. The Morgan fingerprint density at radius 1 is 1.04 bits per heavy atom. The van der Waals surface area contributed by atoms with Gasteiger partial charge in [0.25, 0.3) is 0 Å². The third-order valence-corrected chi connectivity index (χ3v) is 3.51. The van der Waals surface area contributed by atoms with Gasteiger partial charge in [0.2, 0.25) is 11.8 Å². The van der Waals surface area contributed by atoms with Gasteiger partial charge < -0.3 is 16.4 Å². The highest BCUT2D eigenvalue weighted by atomic mass is 35.5. The van der Waals surface area contributed by atoms with Gasteiger partial charge in [-0.2, -0.15) is 13.2 Å². The highest BCUT2D eigenvalue weighted by Gasteiger charge is 2.33. The van der Waals surface area contributed by atoms with Crippen LogP contribution >= 0.6 is 11.6 Å². The van der Waals surface area contributed by atoms with E-state index in [0.717, 1.165) is 12.1 Å². The third kappa shape index (κ3) is 5.12. The molecule has 0 atom stereocenters. The third-order valence-electron chi connectivity index (χ3n) is 3.18. The number of amides is 2. The second-order valence-electron chi connectivity index (χ2n) is 5.04. The van der Waals surface area contributed by atoms with Gasteiger partial charge in [0.15, 0.2) is 0 Å². The summed E-state index contributed by atoms with van der Waals surface area (Å²) in [5, 5.41) is 4.70. The molecule has 0 heterocycles. The molecule has 9 heteroatoms. The average molecular weight is 372 g/mol. The lowest BCUT2D eigenvalue weighted by atomic mass is 10.2. The maximum atomic E-state index is 12.8. The van der Waals surface area contributed by atoms with Crippen molar-refractivity contribution in [3.05, 3.63) is 58.6 Å². The summed E-state index contributed by atoms with van der Waals surface area (Å²) in [4.78, 5) is 22.8. The van der Waals surface area contributed by atoms with Crippen LogP contribution in [0.2, 0.25) is 5.02 Å². The van der Waals surface area contributed by atoms with Gasteiger partial charge in [0.1, 0.15) is 0 Å². The summed E-state index contributed by atoms with van der Waals surface area (Å²) in [6.07, 6.45) is -4.58. The monoisotopic (exact) mass is 371 g/mol. The van der Waals surface area contributed by atoms with E-state index in [2.05, 4.69) is 10.6 Å². The number of hydrogen-bond donors (Lipinski definition) is 3. The Morgan fingerprint density at radius 3 is 2.20 bits per heavy atom. The van der Waals surface area contributed by atoms with Gasteiger partial charge in [-0.1, -0.05) is 11.6 Å². The molecule has 0 aliphatic rings. The molecule has 5 nitrogen and oxygen atoms in total. The minimum atomic E-state index is -4.58. The zero-order chi connectivity index (χ0) is 18.6. The van der Waals surface area contributed by atoms with Gasteiger partial charge in [-0.25, -0.2) is 0 Å². The molecule has 2 amide bonds. The number of hydrogen-bond acceptors (Lipinski definition) is 3. The van der Waals surface area contributed by atoms with Crippen LogP contribution in [0.3, 0.4) is 0 Å². The number of carbonyl (C=O) groups excluding carboxylic acids is 2. The van der Waals surface area contributed by atoms with Crippen molar-refractivity contribution in [2.75, 3.05) is 17.2 Å². The summed E-state index contributed by atoms with van der Waals surface area (Å²) in [5.41, 5.74) is 4.94. The number of carbonyl (C=O) groups is 2. The van der Waals surface area contributed by atoms with Crippen LogP contribution in [0.25, 0.3) is 0 Å². The SMILES string of the molecule is NC(=O)c1ccc(NC(=O)CNc2ccc(Cl)c(C(F)(F)F)c2)cc1. The normalized spacial score (nSPS) is 11.0. The van der Waals surface area contributed by atoms with Crippen LogP contribution in [0, 0.1) is 0 Å². The zero-order valence-corrected chi connectivity index (χ0v) is 13.4. The lowest BCUT2D eigenvalue weighted by molar-refractivity contribution is -0.137. The molecule has 0 spiro atoms. The van der Waals surface area contributed by atoms with E-state index in [1.165, 1.54) is 30.3 Å². The van der Waals surface area contributed by atoms with Crippen LogP contribution in [0.15, 0.2) is 42.5 Å². The second-order valence-corrected chi connectivity index (χ2v) is 5.44. The van der Waals surface area contributed by atoms with Gasteiger partial charge in [-0.05, 0) is 42.5 Å². The Morgan fingerprint density at radius 2 is 1.64 bits per heavy atom. The summed E-state index contributed by atoms with van der Waals surface area (Å²) in [5.74, 6) is -1.07. The number of nitrogens with one attached hydrogen (secondary N) is 2. The van der Waals surface area contributed by atoms with E-state index in [1.807, 2.05) is 0 Å². The standard InChI is InChI=1S/C16H13ClF3N3O2/c17-13-6-5-11(7-12(13)16(18,19)20)22-8-14(24)23-10-3-1-9(2-4-10)15(21)25/h1-7,22H,8H2,(H2,21,25)(H,23,24). The number of primary amides is 1. The molecule has 132 valence electrons. The van der Waals surface area contributed by atoms with Crippen molar-refractivity contribution in [2.45, 2.75) is 6.18 Å². The summed E-state index contributed by atoms with van der Waals surface area (Å²) in [7, 11) is 0. The van der Waals surface area contributed by atoms with Crippen LogP contribution in [-0.4, -0.2) is 18.4 Å². The average Bonchev–Trinajstić information content (AvgIpc) is 2.53. The molecule has 0 fully saturated rings. The molecule has 2 rings (SSSR count). The van der Waals surface area contributed by atoms with E-state index < -0.39 is 28.6 Å². The molecular formula is C16H13ClF3N3O2. The minimum Gasteiger partial charge on any atom is -0.376 e. The lowest BCUT2D eigenvalue weighted by Crippen LogP contribution is -2.22. The van der Waals surface area contributed by atoms with Gasteiger partial charge >= 0.3 is 6.18 Å². The van der Waals surface area contributed by atoms with Crippen molar-refractivity contribution in [1.29, 1.82) is 0 Å². The van der Waals surface area contributed by atoms with Gasteiger partial charge in [0, 0.05) is 16.9 Å². The van der Waals surface area contributed by atoms with E-state index in [4.69, 9.17) is 17.3 Å². The molecule has 0 aromatic heterocycles. The first-order valence-corrected chi connectivity index (χ1v) is 7.35. The van der Waals surface area contributed by atoms with E-state index in [-0.39, 0.29) is 17.8 Å². The molecule has 0 radical (unpaired) electrons. The van der Waals surface area contributed by atoms with Crippen molar-refractivity contribution < 1.29 is 22.8 Å². The quantitative estimate of drug-likeness (QED) is 0.752. The first kappa shape index (κ1) is 18.6. The van der Waals surface area contributed by atoms with Crippen molar-refractivity contribution in [1.82, 2.24) is 0 Å². The number of rotatable bonds is 5. The molecule has 0 aliphatic carbocycles. The maximum Gasteiger partial charge on any atom is 0.417 e. The van der Waals surface area contributed by atoms with E-state index in [0.29, 0.717) is 5.69 Å². The predicted molar refractivity (Wildman–Crippen MR) is 88.5 cm³/mol. The highest BCUT2D eigenvalue weighted by Crippen LogP contribution is 2.36. The van der Waals surface area contributed by atoms with Crippen LogP contribution in [0.5, 0.6) is 0 Å². The molecule has 0 saturated heterocycles. The van der Waals surface area contributed by atoms with Crippen molar-refractivity contribution in [2.24, 2.45) is 5.73 Å². The van der Waals surface area contributed by atoms with Crippen LogP contribution < -0.4 is 16.4 Å². The zero-order valence-electron chi connectivity index (χ0n) is 12.7. The smallest absolute Gasteiger partial charge is 0.376 e. The molecule has 0 aliphatic heterocycles. The highest BCUT2D eigenvalue weighted by molar-refractivity contribution is 6.31. The van der Waals surface area contributed by atoms with Gasteiger partial charge in [-0.3, -0.25) is 9.59 Å². The van der Waals surface area contributed by atoms with E-state index in [9.17, 15) is 22.8 Å². The van der Waals surface area contributed by atoms with Gasteiger partial charge in [-0.15, -0.1) is 0 Å². The summed E-state index contributed by atoms with van der Waals surface area (Å²) >= 11 is 5.53. The molecule has 25 heavy (non-hydrogen) atoms. The minimum absolute atomic E-state index is 0.107. The molecule has 0 bridgehead atoms. The summed E-state index contributed by atoms with van der Waals surface area (Å²) in [6, 6.07) is 9.14. The Balaban J connectivity index is 1.97. The maximum absolute atomic E-state index is 12.8. The molecule has 0 saturated carbocycles. The number of anilines is 2. The Labute approximate surface area is 146 Å². The topological polar surface area (TPSA) is 84.2 Å². The van der Waals surface area contributed by atoms with Gasteiger partial charge in [0.05, 0.1) is 17.1 Å². The van der Waals surface area contributed by atoms with Crippen molar-refractivity contribution in [3.63, 3.8) is 0 Å². The Bertz CT molecular complexity index is 792. The van der Waals surface area contributed by atoms with Crippen molar-refractivity contribution >= 4 is 34.8 Å². The Hall–Kier alpha value is -2.74. The Kier molecular flexibility index (Phi) is 5.53. The summed E-state index contributed by atoms with van der Waals surface area (Å²) < 4.78 is 38.3. The first-order chi connectivity index (χ1) is 11.7. The number of halogens is 4. The molecule has 0 unspecified atom stereocenters. The number of nitrogens with two attached hydrogens (primary N) is 1. The fraction of sp³-hybridized carbons (Fsp3) is 0.125. The molecular weight excluding hydrogens is 359 g/mol. The van der Waals surface area contributed by atoms with E-state index in [1.54, 1.807) is 0 Å². The fourth-order valence-corrected chi connectivity index (χ4v) is 2.18. The predicted octanol–water partition coefficient (Wildman–Crippen LogP) is 3.51. The van der Waals surface area contributed by atoms with Crippen molar-refractivity contribution in [3.8, 4) is 0 Å². The molecule has 2 aromatic rings. The molecule has 4 N–H and O–H groups in total. The summed E-state index contributed by atoms with van der Waals surface area (Å²) in [6.45, 7) is -0.253. The van der Waals surface area contributed by atoms with E-state index >= 15 is 0 Å². The second kappa shape index (κ2) is 7.43.